The van der Waals surface area contributed by atoms with E-state index >= 15 is 0 Å². The predicted molar refractivity (Wildman–Crippen MR) is 106 cm³/mol. The fourth-order valence-corrected chi connectivity index (χ4v) is 2.52. The molecule has 0 spiro atoms. The molecule has 25 heavy (non-hydrogen) atoms. The van der Waals surface area contributed by atoms with Gasteiger partial charge in [0.2, 0.25) is 0 Å². The zero-order valence-electron chi connectivity index (χ0n) is 15.4. The maximum atomic E-state index is 12.8. The first-order valence-corrected chi connectivity index (χ1v) is 8.81. The largest absolute Gasteiger partial charge is 0.403 e. The highest BCUT2D eigenvalue weighted by atomic mass is 127. The monoisotopic (exact) mass is 480 g/mol. The van der Waals surface area contributed by atoms with Crippen molar-refractivity contribution in [2.75, 3.05) is 52.5 Å². The number of hydrogen-bond acceptors (Lipinski definition) is 3. The summed E-state index contributed by atoms with van der Waals surface area (Å²) < 4.78 is 43.9. The number of rotatable bonds is 8. The van der Waals surface area contributed by atoms with Gasteiger partial charge in [0.15, 0.2) is 5.96 Å². The van der Waals surface area contributed by atoms with Crippen molar-refractivity contribution in [1.29, 1.82) is 0 Å². The van der Waals surface area contributed by atoms with Crippen LogP contribution in [0.2, 0.25) is 0 Å². The Bertz CT molecular complexity index is 375. The van der Waals surface area contributed by atoms with Gasteiger partial charge in [-0.05, 0) is 20.3 Å². The molecular weight excluding hydrogens is 448 g/mol. The van der Waals surface area contributed by atoms with Crippen LogP contribution in [-0.4, -0.2) is 80.5 Å². The quantitative estimate of drug-likeness (QED) is 0.251. The summed E-state index contributed by atoms with van der Waals surface area (Å²) in [6, 6.07) is -1.40. The van der Waals surface area contributed by atoms with Gasteiger partial charge < -0.3 is 15.0 Å². The summed E-state index contributed by atoms with van der Waals surface area (Å²) in [5.41, 5.74) is 0. The third-order valence-electron chi connectivity index (χ3n) is 4.11. The van der Waals surface area contributed by atoms with Crippen LogP contribution in [0.1, 0.15) is 33.6 Å². The van der Waals surface area contributed by atoms with Crippen molar-refractivity contribution in [2.24, 2.45) is 4.99 Å². The number of nitrogens with one attached hydrogen (secondary N) is 1. The van der Waals surface area contributed by atoms with Crippen LogP contribution in [-0.2, 0) is 4.74 Å². The second kappa shape index (κ2) is 13.0. The van der Waals surface area contributed by atoms with Crippen LogP contribution in [0.15, 0.2) is 4.99 Å². The van der Waals surface area contributed by atoms with Crippen molar-refractivity contribution < 1.29 is 17.9 Å². The molecule has 0 bridgehead atoms. The highest BCUT2D eigenvalue weighted by molar-refractivity contribution is 14.0. The molecule has 150 valence electrons. The molecule has 1 aliphatic rings. The summed E-state index contributed by atoms with van der Waals surface area (Å²) >= 11 is 0. The van der Waals surface area contributed by atoms with E-state index in [2.05, 4.69) is 17.2 Å². The van der Waals surface area contributed by atoms with E-state index in [4.69, 9.17) is 4.74 Å². The number of nitrogens with zero attached hydrogens (tertiary/aromatic N) is 3. The van der Waals surface area contributed by atoms with Crippen LogP contribution in [0.25, 0.3) is 0 Å². The Hall–Kier alpha value is -0.290. The molecule has 1 N–H and O–H groups in total. The van der Waals surface area contributed by atoms with E-state index in [1.807, 2.05) is 11.8 Å². The van der Waals surface area contributed by atoms with Crippen LogP contribution in [0.5, 0.6) is 0 Å². The van der Waals surface area contributed by atoms with E-state index in [1.54, 1.807) is 0 Å². The molecule has 0 aromatic rings. The van der Waals surface area contributed by atoms with E-state index in [0.29, 0.717) is 39.3 Å². The Morgan fingerprint density at radius 1 is 1.16 bits per heavy atom. The molecule has 0 aromatic carbocycles. The minimum Gasteiger partial charge on any atom is -0.380 e. The Labute approximate surface area is 166 Å². The number of aliphatic imine (C=N–C) groups is 1. The molecule has 1 fully saturated rings. The van der Waals surface area contributed by atoms with Gasteiger partial charge in [-0.3, -0.25) is 9.89 Å². The van der Waals surface area contributed by atoms with Crippen LogP contribution in [0.4, 0.5) is 13.2 Å². The van der Waals surface area contributed by atoms with Crippen LogP contribution < -0.4 is 5.32 Å². The number of unbranched alkanes of at least 4 members (excludes halogenated alkanes) is 1. The number of guanidine groups is 1. The molecule has 0 aromatic heterocycles. The molecular formula is C16H32F3IN4O. The lowest BCUT2D eigenvalue weighted by Crippen LogP contribution is -2.56. The highest BCUT2D eigenvalue weighted by Gasteiger charge is 2.41. The van der Waals surface area contributed by atoms with Crippen LogP contribution in [0.3, 0.4) is 0 Å². The van der Waals surface area contributed by atoms with Crippen molar-refractivity contribution in [3.05, 3.63) is 0 Å². The number of halogens is 4. The molecule has 0 saturated carbocycles. The van der Waals surface area contributed by atoms with E-state index in [-0.39, 0.29) is 24.0 Å². The van der Waals surface area contributed by atoms with Gasteiger partial charge in [-0.15, -0.1) is 24.0 Å². The lowest BCUT2D eigenvalue weighted by molar-refractivity contribution is -0.181. The third-order valence-corrected chi connectivity index (χ3v) is 4.11. The highest BCUT2D eigenvalue weighted by Crippen LogP contribution is 2.25. The van der Waals surface area contributed by atoms with E-state index in [9.17, 15) is 13.2 Å². The summed E-state index contributed by atoms with van der Waals surface area (Å²) in [6.07, 6.45) is -2.02. The summed E-state index contributed by atoms with van der Waals surface area (Å²) in [4.78, 5) is 8.02. The summed E-state index contributed by atoms with van der Waals surface area (Å²) in [6.45, 7) is 9.79. The number of hydrogen-bond donors (Lipinski definition) is 1. The van der Waals surface area contributed by atoms with Crippen molar-refractivity contribution in [2.45, 2.75) is 45.8 Å². The summed E-state index contributed by atoms with van der Waals surface area (Å²) in [7, 11) is 0. The molecule has 0 amide bonds. The van der Waals surface area contributed by atoms with Crippen molar-refractivity contribution >= 4 is 29.9 Å². The second-order valence-corrected chi connectivity index (χ2v) is 5.94. The lowest BCUT2D eigenvalue weighted by Gasteiger charge is -2.39. The first kappa shape index (κ1) is 24.7. The lowest BCUT2D eigenvalue weighted by atomic mass is 10.2. The Balaban J connectivity index is 0.00000576. The molecule has 1 atom stereocenters. The van der Waals surface area contributed by atoms with Crippen molar-refractivity contribution in [1.82, 2.24) is 15.1 Å². The van der Waals surface area contributed by atoms with Crippen LogP contribution in [0, 0.1) is 0 Å². The minimum atomic E-state index is -4.17. The molecule has 1 rings (SSSR count). The van der Waals surface area contributed by atoms with Gasteiger partial charge in [-0.1, -0.05) is 13.3 Å². The van der Waals surface area contributed by atoms with Gasteiger partial charge in [-0.2, -0.15) is 13.2 Å². The predicted octanol–water partition coefficient (Wildman–Crippen LogP) is 2.96. The normalized spacial score (nSPS) is 18.0. The Morgan fingerprint density at radius 3 is 2.32 bits per heavy atom. The first-order chi connectivity index (χ1) is 11.4. The number of piperazine rings is 1. The summed E-state index contributed by atoms with van der Waals surface area (Å²) in [5.74, 6) is 0.760. The third kappa shape index (κ3) is 9.28. The van der Waals surface area contributed by atoms with Gasteiger partial charge >= 0.3 is 6.18 Å². The molecule has 1 heterocycles. The smallest absolute Gasteiger partial charge is 0.380 e. The first-order valence-electron chi connectivity index (χ1n) is 8.81. The molecule has 0 aliphatic carbocycles. The van der Waals surface area contributed by atoms with E-state index in [0.717, 1.165) is 32.0 Å². The van der Waals surface area contributed by atoms with Crippen molar-refractivity contribution in [3.63, 3.8) is 0 Å². The zero-order chi connectivity index (χ0) is 18.0. The van der Waals surface area contributed by atoms with Gasteiger partial charge in [0.25, 0.3) is 0 Å². The molecule has 1 saturated heterocycles. The molecule has 5 nitrogen and oxygen atoms in total. The molecule has 1 unspecified atom stereocenters. The van der Waals surface area contributed by atoms with E-state index < -0.39 is 12.2 Å². The minimum absolute atomic E-state index is 0. The zero-order valence-corrected chi connectivity index (χ0v) is 17.8. The molecule has 0 radical (unpaired) electrons. The van der Waals surface area contributed by atoms with Gasteiger partial charge in [0, 0.05) is 39.3 Å². The maximum absolute atomic E-state index is 12.8. The second-order valence-electron chi connectivity index (χ2n) is 5.94. The summed E-state index contributed by atoms with van der Waals surface area (Å²) in [5, 5.41) is 3.21. The Kier molecular flexibility index (Phi) is 12.8. The van der Waals surface area contributed by atoms with E-state index in [1.165, 1.54) is 11.8 Å². The van der Waals surface area contributed by atoms with Gasteiger partial charge in [0.1, 0.15) is 6.04 Å². The standard InChI is InChI=1S/C16H31F3N4O.HI/c1-4-6-12-24-13-7-21-15(20-5-2)23-10-8-22(9-11-23)14(3)16(17,18)19;/h14H,4-13H2,1-3H3,(H,20,21);1H. The molecule has 1 aliphatic heterocycles. The van der Waals surface area contributed by atoms with Crippen LogP contribution >= 0.6 is 24.0 Å². The average Bonchev–Trinajstić information content (AvgIpc) is 2.55. The Morgan fingerprint density at radius 2 is 1.80 bits per heavy atom. The number of alkyl halides is 3. The fraction of sp³-hybridized carbons (Fsp3) is 0.938. The van der Waals surface area contributed by atoms with Crippen molar-refractivity contribution in [3.8, 4) is 0 Å². The SMILES string of the molecule is CCCCOCCN=C(NCC)N1CCN(C(C)C(F)(F)F)CC1.I. The number of ether oxygens (including phenoxy) is 1. The topological polar surface area (TPSA) is 40.1 Å². The van der Waals surface area contributed by atoms with Gasteiger partial charge in [0.05, 0.1) is 13.2 Å². The van der Waals surface area contributed by atoms with Gasteiger partial charge in [-0.25, -0.2) is 0 Å². The molecule has 9 heteroatoms. The maximum Gasteiger partial charge on any atom is 0.403 e. The average molecular weight is 480 g/mol. The fourth-order valence-electron chi connectivity index (χ4n) is 2.52.